The van der Waals surface area contributed by atoms with Crippen LogP contribution in [0.5, 0.6) is 0 Å². The minimum absolute atomic E-state index is 0.601. The van der Waals surface area contributed by atoms with Crippen LogP contribution in [0.4, 0.5) is 0 Å². The summed E-state index contributed by atoms with van der Waals surface area (Å²) in [5, 5.41) is 10.8. The Balaban J connectivity index is 2.33. The van der Waals surface area contributed by atoms with E-state index in [0.29, 0.717) is 10.6 Å². The molecule has 0 aliphatic heterocycles. The lowest BCUT2D eigenvalue weighted by Gasteiger charge is -2.03. The van der Waals surface area contributed by atoms with Crippen molar-refractivity contribution < 1.29 is 0 Å². The molecule has 3 nitrogen and oxygen atoms in total. The monoisotopic (exact) mass is 253 g/mol. The Morgan fingerprint density at radius 2 is 2.11 bits per heavy atom. The smallest absolute Gasteiger partial charge is 0.137 e. The van der Waals surface area contributed by atoms with E-state index < -0.39 is 0 Å². The molecule has 0 amide bonds. The molecule has 0 bridgehead atoms. The molecule has 4 heteroatoms. The Morgan fingerprint density at radius 3 is 2.94 bits per heavy atom. The number of aromatic nitrogens is 2. The van der Waals surface area contributed by atoms with E-state index in [2.05, 4.69) is 16.0 Å². The first kappa shape index (κ1) is 10.8. The maximum atomic E-state index is 9.16. The third-order valence-corrected chi connectivity index (χ3v) is 3.08. The van der Waals surface area contributed by atoms with Crippen LogP contribution in [0.25, 0.3) is 22.2 Å². The van der Waals surface area contributed by atoms with E-state index in [9.17, 15) is 0 Å². The largest absolute Gasteiger partial charge is 0.346 e. The molecule has 3 rings (SSSR count). The Hall–Kier alpha value is -2.31. The summed E-state index contributed by atoms with van der Waals surface area (Å²) in [6, 6.07) is 11.3. The highest BCUT2D eigenvalue weighted by Gasteiger charge is 2.11. The number of hydrogen-bond acceptors (Lipinski definition) is 2. The van der Waals surface area contributed by atoms with Gasteiger partial charge in [-0.3, -0.25) is 0 Å². The third-order valence-electron chi connectivity index (χ3n) is 2.84. The zero-order valence-electron chi connectivity index (χ0n) is 9.31. The average molecular weight is 254 g/mol. The van der Waals surface area contributed by atoms with Crippen LogP contribution in [-0.2, 0) is 0 Å². The second kappa shape index (κ2) is 4.17. The van der Waals surface area contributed by atoms with Crippen molar-refractivity contribution in [3.05, 3.63) is 53.3 Å². The number of nitrogens with zero attached hydrogens (tertiary/aromatic N) is 2. The molecule has 0 saturated carbocycles. The highest BCUT2D eigenvalue weighted by molar-refractivity contribution is 6.31. The molecule has 0 radical (unpaired) electrons. The summed E-state index contributed by atoms with van der Waals surface area (Å²) in [5.41, 5.74) is 3.17. The van der Waals surface area contributed by atoms with Gasteiger partial charge in [-0.1, -0.05) is 11.6 Å². The average Bonchev–Trinajstić information content (AvgIpc) is 2.82. The van der Waals surface area contributed by atoms with Crippen LogP contribution in [0.15, 0.2) is 42.7 Å². The molecule has 0 unspecified atom stereocenters. The molecule has 0 fully saturated rings. The number of nitriles is 1. The van der Waals surface area contributed by atoms with Crippen molar-refractivity contribution in [2.24, 2.45) is 0 Å². The molecule has 3 aromatic rings. The van der Waals surface area contributed by atoms with Crippen LogP contribution < -0.4 is 0 Å². The molecule has 0 atom stereocenters. The van der Waals surface area contributed by atoms with Crippen molar-refractivity contribution in [2.45, 2.75) is 0 Å². The number of pyridine rings is 1. The van der Waals surface area contributed by atoms with Gasteiger partial charge in [-0.15, -0.1) is 0 Å². The van der Waals surface area contributed by atoms with Gasteiger partial charge in [-0.25, -0.2) is 4.98 Å². The van der Waals surface area contributed by atoms with Crippen LogP contribution in [-0.4, -0.2) is 9.97 Å². The van der Waals surface area contributed by atoms with Gasteiger partial charge >= 0.3 is 0 Å². The standard InChI is InChI=1S/C14H8ClN3/c15-10-4-3-9(7-16)12(6-10)13-8-18-14-11(13)2-1-5-17-14/h1-6,8H,(H,17,18). The lowest BCUT2D eigenvalue weighted by atomic mass is 10.0. The highest BCUT2D eigenvalue weighted by atomic mass is 35.5. The van der Waals surface area contributed by atoms with E-state index in [4.69, 9.17) is 16.9 Å². The molecule has 1 N–H and O–H groups in total. The summed E-state index contributed by atoms with van der Waals surface area (Å²) in [5.74, 6) is 0. The second-order valence-corrected chi connectivity index (χ2v) is 4.34. The molecule has 0 aliphatic carbocycles. The number of fused-ring (bicyclic) bond motifs is 1. The molecule has 2 aromatic heterocycles. The molecule has 0 saturated heterocycles. The Morgan fingerprint density at radius 1 is 1.22 bits per heavy atom. The Bertz CT molecular complexity index is 768. The normalized spacial score (nSPS) is 10.4. The zero-order valence-corrected chi connectivity index (χ0v) is 10.1. The summed E-state index contributed by atoms with van der Waals surface area (Å²) >= 11 is 6.01. The molecule has 86 valence electrons. The molecule has 0 spiro atoms. The first-order valence-corrected chi connectivity index (χ1v) is 5.79. The number of H-pyrrole nitrogens is 1. The summed E-state index contributed by atoms with van der Waals surface area (Å²) in [6.07, 6.45) is 3.58. The first-order chi connectivity index (χ1) is 8.79. The number of halogens is 1. The van der Waals surface area contributed by atoms with E-state index in [1.165, 1.54) is 0 Å². The van der Waals surface area contributed by atoms with Gasteiger partial charge in [0, 0.05) is 33.9 Å². The van der Waals surface area contributed by atoms with Gasteiger partial charge in [0.1, 0.15) is 5.65 Å². The van der Waals surface area contributed by atoms with Crippen molar-refractivity contribution in [3.63, 3.8) is 0 Å². The van der Waals surface area contributed by atoms with Crippen LogP contribution in [0, 0.1) is 11.3 Å². The third kappa shape index (κ3) is 1.64. The molecule has 18 heavy (non-hydrogen) atoms. The van der Waals surface area contributed by atoms with Gasteiger partial charge in [-0.05, 0) is 30.3 Å². The highest BCUT2D eigenvalue weighted by Crippen LogP contribution is 2.31. The maximum Gasteiger partial charge on any atom is 0.137 e. The number of aromatic amines is 1. The molecule has 2 heterocycles. The predicted octanol–water partition coefficient (Wildman–Crippen LogP) is 3.75. The van der Waals surface area contributed by atoms with Gasteiger partial charge in [0.25, 0.3) is 0 Å². The van der Waals surface area contributed by atoms with Gasteiger partial charge in [0.05, 0.1) is 11.6 Å². The minimum Gasteiger partial charge on any atom is -0.346 e. The molecule has 0 aliphatic rings. The number of nitrogens with one attached hydrogen (secondary N) is 1. The van der Waals surface area contributed by atoms with Crippen LogP contribution in [0.3, 0.4) is 0 Å². The van der Waals surface area contributed by atoms with Crippen molar-refractivity contribution in [2.75, 3.05) is 0 Å². The Labute approximate surface area is 109 Å². The molecule has 1 aromatic carbocycles. The lowest BCUT2D eigenvalue weighted by molar-refractivity contribution is 1.33. The fraction of sp³-hybridized carbons (Fsp3) is 0. The lowest BCUT2D eigenvalue weighted by Crippen LogP contribution is -1.83. The number of benzene rings is 1. The van der Waals surface area contributed by atoms with Gasteiger partial charge in [0.15, 0.2) is 0 Å². The van der Waals surface area contributed by atoms with E-state index >= 15 is 0 Å². The van der Waals surface area contributed by atoms with Crippen molar-refractivity contribution in [1.29, 1.82) is 5.26 Å². The summed E-state index contributed by atoms with van der Waals surface area (Å²) < 4.78 is 0. The zero-order chi connectivity index (χ0) is 12.5. The predicted molar refractivity (Wildman–Crippen MR) is 71.3 cm³/mol. The SMILES string of the molecule is N#Cc1ccc(Cl)cc1-c1c[nH]c2ncccc12. The van der Waals surface area contributed by atoms with Gasteiger partial charge in [0.2, 0.25) is 0 Å². The Kier molecular flexibility index (Phi) is 2.51. The maximum absolute atomic E-state index is 9.16. The van der Waals surface area contributed by atoms with Gasteiger partial charge < -0.3 is 4.98 Å². The first-order valence-electron chi connectivity index (χ1n) is 5.42. The number of hydrogen-bond donors (Lipinski definition) is 1. The van der Waals surface area contributed by atoms with Crippen LogP contribution >= 0.6 is 11.6 Å². The number of rotatable bonds is 1. The second-order valence-electron chi connectivity index (χ2n) is 3.90. The van der Waals surface area contributed by atoms with E-state index in [1.54, 1.807) is 24.4 Å². The van der Waals surface area contributed by atoms with Crippen molar-refractivity contribution in [3.8, 4) is 17.2 Å². The topological polar surface area (TPSA) is 52.5 Å². The summed E-state index contributed by atoms with van der Waals surface area (Å²) in [6.45, 7) is 0. The minimum atomic E-state index is 0.601. The van der Waals surface area contributed by atoms with Gasteiger partial charge in [-0.2, -0.15) is 5.26 Å². The van der Waals surface area contributed by atoms with Crippen LogP contribution in [0.2, 0.25) is 5.02 Å². The fourth-order valence-corrected chi connectivity index (χ4v) is 2.19. The summed E-state index contributed by atoms with van der Waals surface area (Å²) in [7, 11) is 0. The van der Waals surface area contributed by atoms with E-state index in [-0.39, 0.29) is 0 Å². The fourth-order valence-electron chi connectivity index (χ4n) is 2.02. The van der Waals surface area contributed by atoms with Crippen molar-refractivity contribution in [1.82, 2.24) is 9.97 Å². The molecular formula is C14H8ClN3. The van der Waals surface area contributed by atoms with E-state index in [0.717, 1.165) is 22.2 Å². The quantitative estimate of drug-likeness (QED) is 0.718. The van der Waals surface area contributed by atoms with Crippen LogP contribution in [0.1, 0.15) is 5.56 Å². The summed E-state index contributed by atoms with van der Waals surface area (Å²) in [4.78, 5) is 7.33. The molecular weight excluding hydrogens is 246 g/mol. The van der Waals surface area contributed by atoms with E-state index in [1.807, 2.05) is 18.3 Å². The van der Waals surface area contributed by atoms with Crippen molar-refractivity contribution >= 4 is 22.6 Å².